The summed E-state index contributed by atoms with van der Waals surface area (Å²) in [6.07, 6.45) is -0.937. The van der Waals surface area contributed by atoms with Gasteiger partial charge in [-0.15, -0.1) is 11.8 Å². The molecule has 2 aromatic rings. The van der Waals surface area contributed by atoms with Gasteiger partial charge in [-0.2, -0.15) is 0 Å². The number of carbonyl (C=O) groups excluding carboxylic acids is 2. The molecular weight excluding hydrogens is 362 g/mol. The highest BCUT2D eigenvalue weighted by Gasteiger charge is 2.19. The van der Waals surface area contributed by atoms with E-state index in [1.807, 2.05) is 30.3 Å². The molecule has 0 saturated heterocycles. The maximum absolute atomic E-state index is 12.2. The van der Waals surface area contributed by atoms with Gasteiger partial charge in [-0.1, -0.05) is 29.8 Å². The van der Waals surface area contributed by atoms with Gasteiger partial charge in [-0.05, 0) is 37.3 Å². The first-order valence-corrected chi connectivity index (χ1v) is 8.87. The van der Waals surface area contributed by atoms with E-state index in [9.17, 15) is 9.59 Å². The van der Waals surface area contributed by atoms with Gasteiger partial charge >= 0.3 is 5.97 Å². The predicted molar refractivity (Wildman–Crippen MR) is 99.4 cm³/mol. The van der Waals surface area contributed by atoms with Crippen molar-refractivity contribution in [1.29, 1.82) is 0 Å². The van der Waals surface area contributed by atoms with Crippen LogP contribution in [0.2, 0.25) is 5.02 Å². The molecule has 7 heteroatoms. The number of carbonyl (C=O) groups is 2. The predicted octanol–water partition coefficient (Wildman–Crippen LogP) is 4.01. The third kappa shape index (κ3) is 5.99. The number of benzene rings is 2. The summed E-state index contributed by atoms with van der Waals surface area (Å²) in [5, 5.41) is 3.11. The van der Waals surface area contributed by atoms with Crippen LogP contribution in [0.3, 0.4) is 0 Å². The molecule has 1 atom stereocenters. The topological polar surface area (TPSA) is 64.6 Å². The van der Waals surface area contributed by atoms with Crippen molar-refractivity contribution in [3.8, 4) is 5.75 Å². The third-order valence-electron chi connectivity index (χ3n) is 3.20. The van der Waals surface area contributed by atoms with Crippen LogP contribution in [-0.2, 0) is 14.3 Å². The lowest BCUT2D eigenvalue weighted by molar-refractivity contribution is -0.150. The normalized spacial score (nSPS) is 11.5. The summed E-state index contributed by atoms with van der Waals surface area (Å²) in [4.78, 5) is 25.1. The molecule has 2 aromatic carbocycles. The fourth-order valence-corrected chi connectivity index (χ4v) is 2.83. The number of amides is 1. The number of hydrogen-bond acceptors (Lipinski definition) is 5. The summed E-state index contributed by atoms with van der Waals surface area (Å²) in [7, 11) is 1.49. The first-order chi connectivity index (χ1) is 12.0. The van der Waals surface area contributed by atoms with Crippen LogP contribution in [0.15, 0.2) is 53.4 Å². The van der Waals surface area contributed by atoms with Crippen molar-refractivity contribution in [3.05, 3.63) is 53.6 Å². The van der Waals surface area contributed by atoms with E-state index in [4.69, 9.17) is 21.1 Å². The molecule has 0 heterocycles. The van der Waals surface area contributed by atoms with Crippen molar-refractivity contribution in [2.75, 3.05) is 18.2 Å². The highest BCUT2D eigenvalue weighted by molar-refractivity contribution is 8.00. The largest absolute Gasteiger partial charge is 0.495 e. The molecule has 25 heavy (non-hydrogen) atoms. The lowest BCUT2D eigenvalue weighted by Gasteiger charge is -2.15. The Hall–Kier alpha value is -2.18. The van der Waals surface area contributed by atoms with Crippen LogP contribution < -0.4 is 10.1 Å². The van der Waals surface area contributed by atoms with Gasteiger partial charge in [0.2, 0.25) is 0 Å². The van der Waals surface area contributed by atoms with Crippen molar-refractivity contribution in [2.24, 2.45) is 0 Å². The molecule has 1 unspecified atom stereocenters. The molecule has 0 aromatic heterocycles. The Bertz CT molecular complexity index is 739. The van der Waals surface area contributed by atoms with Gasteiger partial charge in [0.1, 0.15) is 5.75 Å². The Morgan fingerprint density at radius 1 is 1.20 bits per heavy atom. The quantitative estimate of drug-likeness (QED) is 0.581. The Morgan fingerprint density at radius 2 is 1.92 bits per heavy atom. The maximum Gasteiger partial charge on any atom is 0.317 e. The average Bonchev–Trinajstić information content (AvgIpc) is 2.61. The molecule has 0 aliphatic rings. The molecule has 0 fully saturated rings. The maximum atomic E-state index is 12.2. The standard InChI is InChI=1S/C18H18ClNO4S/c1-12(24-17(21)11-25-14-6-4-3-5-7-14)18(22)20-15-10-13(19)8-9-16(15)23-2/h3-10,12H,11H2,1-2H3,(H,20,22). The average molecular weight is 380 g/mol. The molecule has 1 N–H and O–H groups in total. The van der Waals surface area contributed by atoms with Crippen LogP contribution in [0.5, 0.6) is 5.75 Å². The Morgan fingerprint density at radius 3 is 2.60 bits per heavy atom. The minimum absolute atomic E-state index is 0.127. The van der Waals surface area contributed by atoms with E-state index >= 15 is 0 Å². The lowest BCUT2D eigenvalue weighted by atomic mass is 10.2. The summed E-state index contributed by atoms with van der Waals surface area (Å²) >= 11 is 7.28. The first-order valence-electron chi connectivity index (χ1n) is 7.51. The van der Waals surface area contributed by atoms with Crippen molar-refractivity contribution in [2.45, 2.75) is 17.9 Å². The fraction of sp³-hybridized carbons (Fsp3) is 0.222. The minimum atomic E-state index is -0.937. The Balaban J connectivity index is 1.87. The fourth-order valence-electron chi connectivity index (χ4n) is 1.96. The number of nitrogens with one attached hydrogen (secondary N) is 1. The van der Waals surface area contributed by atoms with Crippen LogP contribution >= 0.6 is 23.4 Å². The molecule has 2 rings (SSSR count). The van der Waals surface area contributed by atoms with Gasteiger partial charge in [-0.25, -0.2) is 0 Å². The van der Waals surface area contributed by atoms with E-state index in [1.54, 1.807) is 18.2 Å². The monoisotopic (exact) mass is 379 g/mol. The van der Waals surface area contributed by atoms with E-state index in [0.29, 0.717) is 16.5 Å². The summed E-state index contributed by atoms with van der Waals surface area (Å²) in [6, 6.07) is 14.4. The Kier molecular flexibility index (Phi) is 7.16. The van der Waals surface area contributed by atoms with Crippen LogP contribution in [0.1, 0.15) is 6.92 Å². The second kappa shape index (κ2) is 9.34. The van der Waals surface area contributed by atoms with Gasteiger partial charge < -0.3 is 14.8 Å². The molecule has 132 valence electrons. The summed E-state index contributed by atoms with van der Waals surface area (Å²) in [5.74, 6) is -0.327. The van der Waals surface area contributed by atoms with Gasteiger partial charge in [0, 0.05) is 9.92 Å². The van der Waals surface area contributed by atoms with Crippen LogP contribution in [0, 0.1) is 0 Å². The van der Waals surface area contributed by atoms with Crippen LogP contribution in [0.25, 0.3) is 0 Å². The molecule has 0 aliphatic carbocycles. The number of halogens is 1. The second-order valence-corrected chi connectivity index (χ2v) is 6.55. The van der Waals surface area contributed by atoms with E-state index in [-0.39, 0.29) is 5.75 Å². The van der Waals surface area contributed by atoms with Crippen molar-refractivity contribution in [3.63, 3.8) is 0 Å². The second-order valence-electron chi connectivity index (χ2n) is 5.07. The zero-order chi connectivity index (χ0) is 18.2. The Labute approximate surface area is 155 Å². The van der Waals surface area contributed by atoms with Crippen molar-refractivity contribution in [1.82, 2.24) is 0 Å². The molecule has 0 saturated carbocycles. The number of anilines is 1. The van der Waals surface area contributed by atoms with Gasteiger partial charge in [0.25, 0.3) is 5.91 Å². The molecule has 5 nitrogen and oxygen atoms in total. The molecule has 1 amide bonds. The van der Waals surface area contributed by atoms with Crippen molar-refractivity contribution < 1.29 is 19.1 Å². The highest BCUT2D eigenvalue weighted by atomic mass is 35.5. The number of methoxy groups -OCH3 is 1. The number of rotatable bonds is 7. The lowest BCUT2D eigenvalue weighted by Crippen LogP contribution is -2.30. The SMILES string of the molecule is COc1ccc(Cl)cc1NC(=O)C(C)OC(=O)CSc1ccccc1. The van der Waals surface area contributed by atoms with Gasteiger partial charge in [-0.3, -0.25) is 9.59 Å². The van der Waals surface area contributed by atoms with E-state index in [2.05, 4.69) is 5.32 Å². The number of ether oxygens (including phenoxy) is 2. The summed E-state index contributed by atoms with van der Waals surface area (Å²) < 4.78 is 10.3. The first kappa shape index (κ1) is 19.1. The van der Waals surface area contributed by atoms with E-state index < -0.39 is 18.0 Å². The van der Waals surface area contributed by atoms with Crippen molar-refractivity contribution >= 4 is 40.9 Å². The number of esters is 1. The molecular formula is C18H18ClNO4S. The van der Waals surface area contributed by atoms with Crippen LogP contribution in [0.4, 0.5) is 5.69 Å². The number of hydrogen-bond donors (Lipinski definition) is 1. The minimum Gasteiger partial charge on any atom is -0.495 e. The van der Waals surface area contributed by atoms with Gasteiger partial charge in [0.15, 0.2) is 6.10 Å². The molecule has 0 bridgehead atoms. The van der Waals surface area contributed by atoms with Gasteiger partial charge in [0.05, 0.1) is 18.6 Å². The molecule has 0 radical (unpaired) electrons. The molecule has 0 aliphatic heterocycles. The summed E-state index contributed by atoms with van der Waals surface area (Å²) in [5.41, 5.74) is 0.418. The third-order valence-corrected chi connectivity index (χ3v) is 4.42. The molecule has 0 spiro atoms. The number of thioether (sulfide) groups is 1. The summed E-state index contributed by atoms with van der Waals surface area (Å²) in [6.45, 7) is 1.51. The zero-order valence-corrected chi connectivity index (χ0v) is 15.4. The zero-order valence-electron chi connectivity index (χ0n) is 13.8. The van der Waals surface area contributed by atoms with E-state index in [1.165, 1.54) is 25.8 Å². The highest BCUT2D eigenvalue weighted by Crippen LogP contribution is 2.27. The van der Waals surface area contributed by atoms with Crippen LogP contribution in [-0.4, -0.2) is 30.8 Å². The van der Waals surface area contributed by atoms with E-state index in [0.717, 1.165) is 4.90 Å². The smallest absolute Gasteiger partial charge is 0.317 e.